The first-order valence-corrected chi connectivity index (χ1v) is 11.1. The van der Waals surface area contributed by atoms with Crippen LogP contribution in [0.25, 0.3) is 22.6 Å². The highest BCUT2D eigenvalue weighted by Gasteiger charge is 2.66. The zero-order valence-corrected chi connectivity index (χ0v) is 19.5. The molecule has 0 bridgehead atoms. The normalized spacial score (nSPS) is 20.6. The molecule has 0 aromatic carbocycles. The summed E-state index contributed by atoms with van der Waals surface area (Å²) in [6, 6.07) is 0. The van der Waals surface area contributed by atoms with E-state index in [1.165, 1.54) is 17.9 Å². The maximum absolute atomic E-state index is 13.5. The van der Waals surface area contributed by atoms with E-state index in [1.54, 1.807) is 6.92 Å². The number of hydrogen-bond acceptors (Lipinski definition) is 8. The van der Waals surface area contributed by atoms with Crippen molar-refractivity contribution >= 4 is 35.0 Å². The minimum atomic E-state index is -5.72. The minimum Gasteiger partial charge on any atom is -0.383 e. The Bertz CT molecular complexity index is 1450. The highest BCUT2D eigenvalue weighted by atomic mass is 19.4. The average molecular weight is 525 g/mol. The summed E-state index contributed by atoms with van der Waals surface area (Å²) in [5.41, 5.74) is 4.59. The highest BCUT2D eigenvalue weighted by Crippen LogP contribution is 2.56. The van der Waals surface area contributed by atoms with Crippen LogP contribution in [0, 0.1) is 0 Å². The number of nitrogens with one attached hydrogen (secondary N) is 2. The van der Waals surface area contributed by atoms with E-state index in [9.17, 15) is 31.5 Å². The van der Waals surface area contributed by atoms with Crippen LogP contribution in [0.4, 0.5) is 33.6 Å². The molecule has 0 spiro atoms. The number of carbonyl (C=O) groups excluding carboxylic acids is 2. The van der Waals surface area contributed by atoms with Crippen LogP contribution in [0.2, 0.25) is 0 Å². The predicted octanol–water partition coefficient (Wildman–Crippen LogP) is 2.02. The summed E-state index contributed by atoms with van der Waals surface area (Å²) in [5, 5.41) is 9.71. The molecule has 16 heteroatoms. The molecule has 37 heavy (non-hydrogen) atoms. The van der Waals surface area contributed by atoms with Crippen LogP contribution in [0.15, 0.2) is 6.20 Å². The van der Waals surface area contributed by atoms with Crippen LogP contribution in [0.5, 0.6) is 0 Å². The molecular weight excluding hydrogens is 505 g/mol. The molecule has 3 aromatic heterocycles. The van der Waals surface area contributed by atoms with Gasteiger partial charge in [0.15, 0.2) is 11.5 Å². The number of aromatic nitrogens is 6. The van der Waals surface area contributed by atoms with Crippen molar-refractivity contribution in [3.63, 3.8) is 0 Å². The Morgan fingerprint density at radius 1 is 1.19 bits per heavy atom. The number of halogens is 5. The number of alkyl halides is 5. The van der Waals surface area contributed by atoms with Crippen molar-refractivity contribution in [1.82, 2.24) is 35.0 Å². The predicted molar refractivity (Wildman–Crippen MR) is 118 cm³/mol. The first kappa shape index (κ1) is 24.7. The molecule has 2 amide bonds. The van der Waals surface area contributed by atoms with Crippen molar-refractivity contribution < 1.29 is 31.5 Å². The Labute approximate surface area is 205 Å². The summed E-state index contributed by atoms with van der Waals surface area (Å²) >= 11 is 0. The van der Waals surface area contributed by atoms with Gasteiger partial charge in [0.05, 0.1) is 22.7 Å². The van der Waals surface area contributed by atoms with Gasteiger partial charge in [-0.25, -0.2) is 19.9 Å². The van der Waals surface area contributed by atoms with Gasteiger partial charge >= 0.3 is 12.1 Å². The van der Waals surface area contributed by atoms with Crippen LogP contribution >= 0.6 is 0 Å². The number of fused-ring (bicyclic) bond motifs is 2. The largest absolute Gasteiger partial charge is 0.453 e. The fourth-order valence-corrected chi connectivity index (χ4v) is 4.76. The summed E-state index contributed by atoms with van der Waals surface area (Å²) in [6.45, 7) is 1.62. The molecule has 1 fully saturated rings. The maximum atomic E-state index is 13.5. The number of hydrogen-bond donors (Lipinski definition) is 3. The van der Waals surface area contributed by atoms with E-state index in [0.717, 1.165) is 0 Å². The van der Waals surface area contributed by atoms with Crippen LogP contribution in [0.1, 0.15) is 37.6 Å². The molecule has 4 N–H and O–H groups in total. The van der Waals surface area contributed by atoms with Crippen LogP contribution in [0.3, 0.4) is 0 Å². The third-order valence-corrected chi connectivity index (χ3v) is 7.09. The van der Waals surface area contributed by atoms with E-state index in [4.69, 9.17) is 5.73 Å². The van der Waals surface area contributed by atoms with Gasteiger partial charge in [-0.2, -0.15) is 27.1 Å². The molecule has 1 saturated carbocycles. The Kier molecular flexibility index (Phi) is 5.18. The van der Waals surface area contributed by atoms with E-state index in [2.05, 4.69) is 35.7 Å². The lowest BCUT2D eigenvalue weighted by molar-refractivity contribution is -0.284. The smallest absolute Gasteiger partial charge is 0.383 e. The maximum Gasteiger partial charge on any atom is 0.453 e. The third-order valence-electron chi connectivity index (χ3n) is 7.09. The van der Waals surface area contributed by atoms with Crippen LogP contribution < -0.4 is 16.4 Å². The molecule has 0 saturated heterocycles. The average Bonchev–Trinajstić information content (AvgIpc) is 3.44. The van der Waals surface area contributed by atoms with Crippen molar-refractivity contribution in [2.75, 3.05) is 11.1 Å². The van der Waals surface area contributed by atoms with Crippen LogP contribution in [-0.4, -0.2) is 59.7 Å². The molecule has 1 unspecified atom stereocenters. The van der Waals surface area contributed by atoms with Crippen molar-refractivity contribution in [3.8, 4) is 11.5 Å². The number of nitrogen functional groups attached to an aromatic ring is 1. The molecular formula is C21H20F5N9O2. The molecule has 3 aromatic rings. The first-order chi connectivity index (χ1) is 17.2. The molecule has 0 radical (unpaired) electrons. The van der Waals surface area contributed by atoms with Crippen molar-refractivity contribution in [3.05, 3.63) is 17.6 Å². The van der Waals surface area contributed by atoms with Gasteiger partial charge in [-0.05, 0) is 19.8 Å². The zero-order valence-electron chi connectivity index (χ0n) is 19.5. The van der Waals surface area contributed by atoms with Crippen LogP contribution in [-0.2, 0) is 28.5 Å². The van der Waals surface area contributed by atoms with Gasteiger partial charge in [-0.15, -0.1) is 0 Å². The summed E-state index contributed by atoms with van der Waals surface area (Å²) in [5.74, 6) is -5.81. The third kappa shape index (κ3) is 3.56. The summed E-state index contributed by atoms with van der Waals surface area (Å²) in [6.07, 6.45) is -5.13. The molecule has 196 valence electrons. The standard InChI is InChI=1S/C21H20F5N9O2/c1-18(19(5-6-19)28-8-36)11-13(27)32-15(33-14(11)34-17(18)37)12-9-7-29-35(2)16(9)31-10(30-12)3-4-20(22,23)21(24,25)26/h7-8H,3-6H2,1-2H3,(H,28,36)(H3,27,32,33,34,37). The van der Waals surface area contributed by atoms with E-state index in [1.807, 2.05) is 0 Å². The zero-order chi connectivity index (χ0) is 27.0. The first-order valence-electron chi connectivity index (χ1n) is 11.1. The second-order valence-corrected chi connectivity index (χ2v) is 9.28. The number of carbonyl (C=O) groups is 2. The van der Waals surface area contributed by atoms with Gasteiger partial charge in [0.2, 0.25) is 12.3 Å². The fourth-order valence-electron chi connectivity index (χ4n) is 4.76. The number of amides is 2. The van der Waals surface area contributed by atoms with E-state index < -0.39 is 41.8 Å². The Morgan fingerprint density at radius 2 is 1.89 bits per heavy atom. The minimum absolute atomic E-state index is 0.00655. The molecule has 11 nitrogen and oxygen atoms in total. The molecule has 4 heterocycles. The van der Waals surface area contributed by atoms with Gasteiger partial charge < -0.3 is 16.4 Å². The number of nitrogens with two attached hydrogens (primary N) is 1. The second kappa shape index (κ2) is 7.76. The Balaban J connectivity index is 1.59. The number of rotatable bonds is 7. The van der Waals surface area contributed by atoms with Crippen molar-refractivity contribution in [1.29, 1.82) is 0 Å². The molecule has 1 aliphatic carbocycles. The lowest BCUT2D eigenvalue weighted by atomic mass is 9.75. The molecule has 2 aliphatic rings. The van der Waals surface area contributed by atoms with Crippen molar-refractivity contribution in [2.45, 2.75) is 55.7 Å². The van der Waals surface area contributed by atoms with E-state index >= 15 is 0 Å². The monoisotopic (exact) mass is 525 g/mol. The second-order valence-electron chi connectivity index (χ2n) is 9.28. The Morgan fingerprint density at radius 3 is 2.51 bits per heavy atom. The van der Waals surface area contributed by atoms with E-state index in [0.29, 0.717) is 24.6 Å². The molecule has 1 aliphatic heterocycles. The van der Waals surface area contributed by atoms with Gasteiger partial charge in [0.25, 0.3) is 0 Å². The van der Waals surface area contributed by atoms with Gasteiger partial charge in [-0.3, -0.25) is 14.3 Å². The highest BCUT2D eigenvalue weighted by molar-refractivity contribution is 6.08. The SMILES string of the molecule is Cn1ncc2c(-c3nc(N)c4c(n3)NC(=O)C4(C)C3(NC=O)CC3)nc(CCC(F)(F)C(F)(F)F)nc21. The topological polar surface area (TPSA) is 154 Å². The van der Waals surface area contributed by atoms with Gasteiger partial charge in [-0.1, -0.05) is 0 Å². The Hall–Kier alpha value is -3.98. The summed E-state index contributed by atoms with van der Waals surface area (Å²) < 4.78 is 66.3. The fraction of sp³-hybridized carbons (Fsp3) is 0.476. The van der Waals surface area contributed by atoms with Gasteiger partial charge in [0, 0.05) is 19.9 Å². The van der Waals surface area contributed by atoms with Gasteiger partial charge in [0.1, 0.15) is 28.6 Å². The quantitative estimate of drug-likeness (QED) is 0.313. The number of nitrogens with zero attached hydrogens (tertiary/aromatic N) is 6. The molecule has 1 atom stereocenters. The summed E-state index contributed by atoms with van der Waals surface area (Å²) in [7, 11) is 1.51. The lowest BCUT2D eigenvalue weighted by Gasteiger charge is -2.32. The van der Waals surface area contributed by atoms with Crippen molar-refractivity contribution in [2.24, 2.45) is 7.05 Å². The lowest BCUT2D eigenvalue weighted by Crippen LogP contribution is -2.53. The number of aryl methyl sites for hydroxylation is 2. The van der Waals surface area contributed by atoms with E-state index in [-0.39, 0.29) is 40.2 Å². The number of anilines is 2. The molecule has 5 rings (SSSR count). The summed E-state index contributed by atoms with van der Waals surface area (Å²) in [4.78, 5) is 41.2.